The molecule has 0 aliphatic carbocycles. The Morgan fingerprint density at radius 3 is 2.34 bits per heavy atom. The van der Waals surface area contributed by atoms with Crippen LogP contribution in [0.1, 0.15) is 16.1 Å². The van der Waals surface area contributed by atoms with Gasteiger partial charge in [0.25, 0.3) is 5.91 Å². The first-order valence-electron chi connectivity index (χ1n) is 9.89. The Balaban J connectivity index is 1.85. The molecule has 1 aliphatic rings. The predicted octanol–water partition coefficient (Wildman–Crippen LogP) is 2.82. The fourth-order valence-electron chi connectivity index (χ4n) is 3.64. The van der Waals surface area contributed by atoms with E-state index in [1.165, 1.54) is 20.3 Å². The highest BCUT2D eigenvalue weighted by Crippen LogP contribution is 2.36. The second-order valence-electron chi connectivity index (χ2n) is 7.48. The zero-order valence-corrected chi connectivity index (χ0v) is 17.8. The van der Waals surface area contributed by atoms with Crippen molar-refractivity contribution in [2.24, 2.45) is 0 Å². The highest BCUT2D eigenvalue weighted by atomic mass is 19.4. The van der Waals surface area contributed by atoms with Gasteiger partial charge in [-0.3, -0.25) is 4.79 Å². The number of ether oxygens (including phenoxy) is 2. The van der Waals surface area contributed by atoms with Gasteiger partial charge in [0.1, 0.15) is 5.56 Å². The van der Waals surface area contributed by atoms with Crippen LogP contribution in [-0.2, 0) is 6.18 Å². The molecule has 0 atom stereocenters. The molecule has 11 heteroatoms. The molecule has 4 rings (SSSR count). The Kier molecular flexibility index (Phi) is 5.68. The quantitative estimate of drug-likeness (QED) is 0.610. The minimum atomic E-state index is -4.70. The molecule has 0 unspecified atom stereocenters. The summed E-state index contributed by atoms with van der Waals surface area (Å²) in [6, 6.07) is 5.61. The van der Waals surface area contributed by atoms with Crippen molar-refractivity contribution in [3.63, 3.8) is 0 Å². The Bertz CT molecular complexity index is 1150. The monoisotopic (exact) mass is 449 g/mol. The van der Waals surface area contributed by atoms with Crippen molar-refractivity contribution in [1.29, 1.82) is 0 Å². The molecule has 3 heterocycles. The lowest BCUT2D eigenvalue weighted by Gasteiger charge is -2.32. The Morgan fingerprint density at radius 2 is 1.72 bits per heavy atom. The number of alkyl halides is 3. The highest BCUT2D eigenvalue weighted by molar-refractivity contribution is 6.00. The van der Waals surface area contributed by atoms with Crippen LogP contribution in [0.2, 0.25) is 0 Å². The molecule has 1 fully saturated rings. The predicted molar refractivity (Wildman–Crippen MR) is 110 cm³/mol. The summed E-state index contributed by atoms with van der Waals surface area (Å²) in [7, 11) is 4.85. The van der Waals surface area contributed by atoms with Gasteiger partial charge in [-0.1, -0.05) is 0 Å². The fraction of sp³-hybridized carbons (Fsp3) is 0.381. The number of hydrogen-bond acceptors (Lipinski definition) is 6. The fourth-order valence-corrected chi connectivity index (χ4v) is 3.64. The Morgan fingerprint density at radius 1 is 1.03 bits per heavy atom. The molecule has 0 N–H and O–H groups in total. The van der Waals surface area contributed by atoms with E-state index in [4.69, 9.17) is 9.47 Å². The molecular weight excluding hydrogens is 427 g/mol. The number of likely N-dealkylation sites (N-methyl/N-ethyl adjacent to an activating group) is 1. The smallest absolute Gasteiger partial charge is 0.433 e. The lowest BCUT2D eigenvalue weighted by Crippen LogP contribution is -2.47. The molecule has 0 bridgehead atoms. The minimum absolute atomic E-state index is 0.0300. The van der Waals surface area contributed by atoms with Gasteiger partial charge in [-0.15, -0.1) is 0 Å². The summed E-state index contributed by atoms with van der Waals surface area (Å²) >= 11 is 0. The first-order valence-corrected chi connectivity index (χ1v) is 9.89. The Hall–Kier alpha value is -3.34. The number of methoxy groups -OCH3 is 2. The van der Waals surface area contributed by atoms with E-state index in [9.17, 15) is 18.0 Å². The second kappa shape index (κ2) is 8.30. The number of amides is 1. The summed E-state index contributed by atoms with van der Waals surface area (Å²) in [4.78, 5) is 21.1. The maximum absolute atomic E-state index is 13.9. The largest absolute Gasteiger partial charge is 0.493 e. The summed E-state index contributed by atoms with van der Waals surface area (Å²) in [5.41, 5.74) is -0.714. The highest BCUT2D eigenvalue weighted by Gasteiger charge is 2.36. The molecule has 1 saturated heterocycles. The molecule has 32 heavy (non-hydrogen) atoms. The van der Waals surface area contributed by atoms with E-state index in [1.54, 1.807) is 17.0 Å². The van der Waals surface area contributed by atoms with Gasteiger partial charge < -0.3 is 19.3 Å². The normalized spacial score (nSPS) is 15.2. The van der Waals surface area contributed by atoms with Crippen LogP contribution in [0.3, 0.4) is 0 Å². The lowest BCUT2D eigenvalue weighted by molar-refractivity contribution is -0.142. The summed E-state index contributed by atoms with van der Waals surface area (Å²) in [5, 5.41) is 3.84. The molecule has 1 amide bonds. The summed E-state index contributed by atoms with van der Waals surface area (Å²) < 4.78 is 52.7. The van der Waals surface area contributed by atoms with Gasteiger partial charge in [0.2, 0.25) is 0 Å². The number of fused-ring (bicyclic) bond motifs is 1. The Labute approximate surface area is 182 Å². The number of carbonyl (C=O) groups is 1. The van der Waals surface area contributed by atoms with Crippen molar-refractivity contribution < 1.29 is 27.4 Å². The molecule has 1 aliphatic heterocycles. The van der Waals surface area contributed by atoms with Gasteiger partial charge in [-0.25, -0.2) is 9.50 Å². The minimum Gasteiger partial charge on any atom is -0.493 e. The topological polar surface area (TPSA) is 72.2 Å². The van der Waals surface area contributed by atoms with E-state index in [1.807, 2.05) is 7.05 Å². The molecule has 3 aromatic rings. The van der Waals surface area contributed by atoms with Crippen LogP contribution >= 0.6 is 0 Å². The van der Waals surface area contributed by atoms with Gasteiger partial charge in [-0.2, -0.15) is 18.3 Å². The number of halogens is 3. The third-order valence-electron chi connectivity index (χ3n) is 5.46. The molecular formula is C21H22F3N5O3. The van der Waals surface area contributed by atoms with Crippen molar-refractivity contribution in [3.8, 4) is 22.8 Å². The van der Waals surface area contributed by atoms with Gasteiger partial charge >= 0.3 is 6.18 Å². The molecule has 170 valence electrons. The van der Waals surface area contributed by atoms with Crippen molar-refractivity contribution in [2.45, 2.75) is 6.18 Å². The van der Waals surface area contributed by atoms with E-state index >= 15 is 0 Å². The zero-order chi connectivity index (χ0) is 23.0. The maximum Gasteiger partial charge on any atom is 0.433 e. The molecule has 0 radical (unpaired) electrons. The van der Waals surface area contributed by atoms with Crippen molar-refractivity contribution in [3.05, 3.63) is 41.7 Å². The molecule has 0 spiro atoms. The van der Waals surface area contributed by atoms with Gasteiger partial charge in [-0.05, 0) is 31.3 Å². The van der Waals surface area contributed by atoms with Crippen LogP contribution in [0, 0.1) is 0 Å². The summed E-state index contributed by atoms with van der Waals surface area (Å²) in [6.45, 7) is 2.33. The van der Waals surface area contributed by atoms with Crippen molar-refractivity contribution in [2.75, 3.05) is 47.4 Å². The van der Waals surface area contributed by atoms with Crippen molar-refractivity contribution >= 4 is 11.6 Å². The van der Waals surface area contributed by atoms with Gasteiger partial charge in [0.05, 0.1) is 26.1 Å². The number of piperazine rings is 1. The van der Waals surface area contributed by atoms with E-state index in [0.29, 0.717) is 47.8 Å². The van der Waals surface area contributed by atoms with Crippen molar-refractivity contribution in [1.82, 2.24) is 24.4 Å². The van der Waals surface area contributed by atoms with Crippen LogP contribution in [-0.4, -0.2) is 77.8 Å². The second-order valence-corrected chi connectivity index (χ2v) is 7.48. The van der Waals surface area contributed by atoms with E-state index < -0.39 is 17.8 Å². The standard InChI is InChI=1S/C21H22F3N5O3/c1-27-6-8-28(9-7-27)20(30)14-12-25-29-18(21(22,23)24)11-15(26-19(14)29)13-4-5-16(31-2)17(10-13)32-3/h4-5,10-12H,6-9H2,1-3H3. The third-order valence-corrected chi connectivity index (χ3v) is 5.46. The zero-order valence-electron chi connectivity index (χ0n) is 17.8. The summed E-state index contributed by atoms with van der Waals surface area (Å²) in [5.74, 6) is 0.393. The lowest BCUT2D eigenvalue weighted by atomic mass is 10.1. The van der Waals surface area contributed by atoms with Crippen LogP contribution in [0.5, 0.6) is 11.5 Å². The van der Waals surface area contributed by atoms with Gasteiger partial charge in [0.15, 0.2) is 22.8 Å². The number of hydrogen-bond donors (Lipinski definition) is 0. The number of carbonyl (C=O) groups excluding carboxylic acids is 1. The maximum atomic E-state index is 13.9. The van der Waals surface area contributed by atoms with E-state index in [2.05, 4.69) is 15.0 Å². The number of aromatic nitrogens is 3. The van der Waals surface area contributed by atoms with Crippen LogP contribution in [0.15, 0.2) is 30.5 Å². The third kappa shape index (κ3) is 3.95. The molecule has 1 aromatic carbocycles. The average Bonchev–Trinajstić information content (AvgIpc) is 3.21. The number of nitrogens with zero attached hydrogens (tertiary/aromatic N) is 5. The number of benzene rings is 1. The first kappa shape index (κ1) is 21.9. The van der Waals surface area contributed by atoms with Crippen LogP contribution in [0.4, 0.5) is 13.2 Å². The SMILES string of the molecule is COc1ccc(-c2cc(C(F)(F)F)n3ncc(C(=O)N4CCN(C)CC4)c3n2)cc1OC. The van der Waals surface area contributed by atoms with Gasteiger partial charge in [0, 0.05) is 31.7 Å². The van der Waals surface area contributed by atoms with Crippen LogP contribution in [0.25, 0.3) is 16.9 Å². The molecule has 2 aromatic heterocycles. The van der Waals surface area contributed by atoms with E-state index in [0.717, 1.165) is 12.3 Å². The number of rotatable bonds is 4. The van der Waals surface area contributed by atoms with E-state index in [-0.39, 0.29) is 16.9 Å². The summed E-state index contributed by atoms with van der Waals surface area (Å²) in [6.07, 6.45) is -3.55. The molecule has 8 nitrogen and oxygen atoms in total. The average molecular weight is 449 g/mol. The van der Waals surface area contributed by atoms with Crippen LogP contribution < -0.4 is 9.47 Å². The first-order chi connectivity index (χ1) is 15.2. The molecule has 0 saturated carbocycles.